The minimum absolute atomic E-state index is 0.0915. The zero-order valence-electron chi connectivity index (χ0n) is 11.8. The van der Waals surface area contributed by atoms with E-state index in [4.69, 9.17) is 5.73 Å². The molecule has 0 aliphatic carbocycles. The number of nitrogens with two attached hydrogens (primary N) is 1. The fraction of sp³-hybridized carbons (Fsp3) is 0.357. The van der Waals surface area contributed by atoms with Crippen LogP contribution in [0, 0.1) is 12.8 Å². The number of nitrogens with zero attached hydrogens (tertiary/aromatic N) is 2. The van der Waals surface area contributed by atoms with Crippen molar-refractivity contribution in [2.24, 2.45) is 11.7 Å². The summed E-state index contributed by atoms with van der Waals surface area (Å²) in [7, 11) is 0. The Morgan fingerprint density at radius 3 is 2.75 bits per heavy atom. The molecular formula is C14H19N5O. The number of aromatic amines is 1. The summed E-state index contributed by atoms with van der Waals surface area (Å²) in [5.41, 5.74) is 7.34. The lowest BCUT2D eigenvalue weighted by atomic mass is 10.0. The van der Waals surface area contributed by atoms with Gasteiger partial charge in [-0.3, -0.25) is 9.89 Å². The number of benzene rings is 1. The fourth-order valence-corrected chi connectivity index (χ4v) is 1.74. The summed E-state index contributed by atoms with van der Waals surface area (Å²) in [4.78, 5) is 16.2. The van der Waals surface area contributed by atoms with Crippen molar-refractivity contribution in [2.75, 3.05) is 5.32 Å². The third kappa shape index (κ3) is 3.21. The molecule has 1 aromatic heterocycles. The highest BCUT2D eigenvalue weighted by atomic mass is 16.2. The van der Waals surface area contributed by atoms with Crippen LogP contribution in [-0.2, 0) is 4.79 Å². The molecule has 2 rings (SSSR count). The molecular weight excluding hydrogens is 254 g/mol. The van der Waals surface area contributed by atoms with E-state index in [1.54, 1.807) is 0 Å². The molecule has 4 N–H and O–H groups in total. The Kier molecular flexibility index (Phi) is 4.14. The number of H-pyrrole nitrogens is 1. The fourth-order valence-electron chi connectivity index (χ4n) is 1.74. The maximum absolute atomic E-state index is 11.9. The molecule has 106 valence electrons. The van der Waals surface area contributed by atoms with Crippen LogP contribution in [0.15, 0.2) is 24.3 Å². The van der Waals surface area contributed by atoms with E-state index in [1.165, 1.54) is 0 Å². The molecule has 0 radical (unpaired) electrons. The van der Waals surface area contributed by atoms with Gasteiger partial charge >= 0.3 is 0 Å². The van der Waals surface area contributed by atoms with Crippen LogP contribution in [0.25, 0.3) is 11.4 Å². The SMILES string of the molecule is Cc1nc(-c2cccc(NC(=O)[C@H](N)C(C)C)c2)n[nH]1. The molecule has 0 saturated carbocycles. The van der Waals surface area contributed by atoms with Crippen molar-refractivity contribution in [1.82, 2.24) is 15.2 Å². The smallest absolute Gasteiger partial charge is 0.241 e. The van der Waals surface area contributed by atoms with Crippen LogP contribution in [-0.4, -0.2) is 27.1 Å². The Morgan fingerprint density at radius 2 is 2.15 bits per heavy atom. The third-order valence-corrected chi connectivity index (χ3v) is 3.01. The molecule has 0 saturated heterocycles. The van der Waals surface area contributed by atoms with Gasteiger partial charge in [-0.1, -0.05) is 26.0 Å². The van der Waals surface area contributed by atoms with E-state index in [2.05, 4.69) is 20.5 Å². The Bertz CT molecular complexity index is 605. The second-order valence-electron chi connectivity index (χ2n) is 5.08. The van der Waals surface area contributed by atoms with E-state index in [0.29, 0.717) is 11.5 Å². The highest BCUT2D eigenvalue weighted by Crippen LogP contribution is 2.19. The van der Waals surface area contributed by atoms with Crippen molar-refractivity contribution < 1.29 is 4.79 Å². The number of hydrogen-bond donors (Lipinski definition) is 3. The summed E-state index contributed by atoms with van der Waals surface area (Å²) in [6.45, 7) is 5.66. The van der Waals surface area contributed by atoms with Crippen molar-refractivity contribution in [1.29, 1.82) is 0 Å². The molecule has 1 amide bonds. The van der Waals surface area contributed by atoms with Gasteiger partial charge in [0.15, 0.2) is 5.82 Å². The molecule has 0 aliphatic rings. The van der Waals surface area contributed by atoms with Crippen molar-refractivity contribution in [3.8, 4) is 11.4 Å². The highest BCUT2D eigenvalue weighted by Gasteiger charge is 2.17. The standard InChI is InChI=1S/C14H19N5O/c1-8(2)12(15)14(20)17-11-6-4-5-10(7-11)13-16-9(3)18-19-13/h4-8,12H,15H2,1-3H3,(H,17,20)(H,16,18,19)/t12-/m1/s1. The number of hydrogen-bond acceptors (Lipinski definition) is 4. The molecule has 0 fully saturated rings. The number of carbonyl (C=O) groups is 1. The van der Waals surface area contributed by atoms with Gasteiger partial charge in [-0.2, -0.15) is 5.10 Å². The number of amides is 1. The lowest BCUT2D eigenvalue weighted by molar-refractivity contribution is -0.118. The van der Waals surface area contributed by atoms with Crippen LogP contribution in [0.3, 0.4) is 0 Å². The molecule has 0 spiro atoms. The summed E-state index contributed by atoms with van der Waals surface area (Å²) in [5, 5.41) is 9.70. The molecule has 2 aromatic rings. The molecule has 20 heavy (non-hydrogen) atoms. The highest BCUT2D eigenvalue weighted by molar-refractivity contribution is 5.95. The molecule has 0 unspecified atom stereocenters. The lowest BCUT2D eigenvalue weighted by Gasteiger charge is -2.15. The van der Waals surface area contributed by atoms with Gasteiger partial charge < -0.3 is 11.1 Å². The normalized spacial score (nSPS) is 12.4. The number of carbonyl (C=O) groups excluding carboxylic acids is 1. The van der Waals surface area contributed by atoms with E-state index in [1.807, 2.05) is 45.0 Å². The maximum Gasteiger partial charge on any atom is 0.241 e. The Morgan fingerprint density at radius 1 is 1.40 bits per heavy atom. The van der Waals surface area contributed by atoms with Crippen LogP contribution in [0.5, 0.6) is 0 Å². The van der Waals surface area contributed by atoms with Crippen LogP contribution >= 0.6 is 0 Å². The second-order valence-corrected chi connectivity index (χ2v) is 5.08. The maximum atomic E-state index is 11.9. The van der Waals surface area contributed by atoms with E-state index in [9.17, 15) is 4.79 Å². The summed E-state index contributed by atoms with van der Waals surface area (Å²) >= 11 is 0. The van der Waals surface area contributed by atoms with Crippen LogP contribution < -0.4 is 11.1 Å². The van der Waals surface area contributed by atoms with Gasteiger partial charge in [0.2, 0.25) is 5.91 Å². The third-order valence-electron chi connectivity index (χ3n) is 3.01. The molecule has 1 aromatic carbocycles. The Hall–Kier alpha value is -2.21. The lowest BCUT2D eigenvalue weighted by Crippen LogP contribution is -2.39. The van der Waals surface area contributed by atoms with Gasteiger partial charge in [-0.25, -0.2) is 4.98 Å². The number of anilines is 1. The quantitative estimate of drug-likeness (QED) is 0.790. The summed E-state index contributed by atoms with van der Waals surface area (Å²) in [5.74, 6) is 1.25. The summed E-state index contributed by atoms with van der Waals surface area (Å²) in [6.07, 6.45) is 0. The van der Waals surface area contributed by atoms with Gasteiger partial charge in [0.1, 0.15) is 5.82 Å². The largest absolute Gasteiger partial charge is 0.325 e. The van der Waals surface area contributed by atoms with Gasteiger partial charge in [-0.05, 0) is 25.0 Å². The van der Waals surface area contributed by atoms with Gasteiger partial charge in [0.25, 0.3) is 0 Å². The number of aryl methyl sites for hydroxylation is 1. The topological polar surface area (TPSA) is 96.7 Å². The molecule has 0 bridgehead atoms. The average molecular weight is 273 g/mol. The van der Waals surface area contributed by atoms with E-state index < -0.39 is 6.04 Å². The number of rotatable bonds is 4. The zero-order chi connectivity index (χ0) is 14.7. The first-order valence-corrected chi connectivity index (χ1v) is 6.53. The van der Waals surface area contributed by atoms with E-state index >= 15 is 0 Å². The van der Waals surface area contributed by atoms with Crippen molar-refractivity contribution in [2.45, 2.75) is 26.8 Å². The van der Waals surface area contributed by atoms with Crippen LogP contribution in [0.1, 0.15) is 19.7 Å². The van der Waals surface area contributed by atoms with E-state index in [0.717, 1.165) is 11.4 Å². The van der Waals surface area contributed by atoms with E-state index in [-0.39, 0.29) is 11.8 Å². The first-order valence-electron chi connectivity index (χ1n) is 6.53. The van der Waals surface area contributed by atoms with Crippen LogP contribution in [0.2, 0.25) is 0 Å². The number of nitrogens with one attached hydrogen (secondary N) is 2. The van der Waals surface area contributed by atoms with Crippen LogP contribution in [0.4, 0.5) is 5.69 Å². The molecule has 0 aliphatic heterocycles. The second kappa shape index (κ2) is 5.83. The molecule has 1 heterocycles. The van der Waals surface area contributed by atoms with Gasteiger partial charge in [0.05, 0.1) is 6.04 Å². The summed E-state index contributed by atoms with van der Waals surface area (Å²) < 4.78 is 0. The number of aromatic nitrogens is 3. The van der Waals surface area contributed by atoms with Gasteiger partial charge in [-0.15, -0.1) is 0 Å². The molecule has 6 nitrogen and oxygen atoms in total. The predicted octanol–water partition coefficient (Wildman–Crippen LogP) is 1.70. The average Bonchev–Trinajstić information content (AvgIpc) is 2.84. The Labute approximate surface area is 117 Å². The first kappa shape index (κ1) is 14.2. The van der Waals surface area contributed by atoms with Crippen molar-refractivity contribution in [3.05, 3.63) is 30.1 Å². The van der Waals surface area contributed by atoms with Gasteiger partial charge in [0, 0.05) is 11.3 Å². The minimum Gasteiger partial charge on any atom is -0.325 e. The van der Waals surface area contributed by atoms with Crippen molar-refractivity contribution in [3.63, 3.8) is 0 Å². The summed E-state index contributed by atoms with van der Waals surface area (Å²) in [6, 6.07) is 6.85. The van der Waals surface area contributed by atoms with Crippen molar-refractivity contribution >= 4 is 11.6 Å². The first-order chi connectivity index (χ1) is 9.47. The predicted molar refractivity (Wildman–Crippen MR) is 78.0 cm³/mol. The minimum atomic E-state index is -0.524. The molecule has 6 heteroatoms. The molecule has 1 atom stereocenters. The monoisotopic (exact) mass is 273 g/mol. The Balaban J connectivity index is 2.16. The zero-order valence-corrected chi connectivity index (χ0v) is 11.8.